The summed E-state index contributed by atoms with van der Waals surface area (Å²) in [4.78, 5) is 17.8. The smallest absolute Gasteiger partial charge is 0.550 e. The van der Waals surface area contributed by atoms with Crippen molar-refractivity contribution in [2.24, 2.45) is 0 Å². The number of aliphatic carboxylic acids is 2. The molecule has 1 aromatic rings. The number of carboxylic acid groups (broad SMARTS) is 2. The first-order valence-corrected chi connectivity index (χ1v) is 3.25. The van der Waals surface area contributed by atoms with Crippen LogP contribution < -0.4 is 10.2 Å². The Labute approximate surface area is 91.3 Å². The van der Waals surface area contributed by atoms with Crippen LogP contribution in [-0.4, -0.2) is 22.1 Å². The van der Waals surface area contributed by atoms with E-state index in [0.29, 0.717) is 0 Å². The van der Waals surface area contributed by atoms with E-state index in [2.05, 4.69) is 10.2 Å². The van der Waals surface area contributed by atoms with Crippen molar-refractivity contribution in [3.8, 4) is 0 Å². The quantitative estimate of drug-likeness (QED) is 0.527. The van der Waals surface area contributed by atoms with Gasteiger partial charge in [-0.2, -0.15) is 5.10 Å². The van der Waals surface area contributed by atoms with Gasteiger partial charge in [-0.1, -0.05) is 0 Å². The summed E-state index contributed by atoms with van der Waals surface area (Å²) in [5.41, 5.74) is 0. The van der Waals surface area contributed by atoms with Crippen LogP contribution in [0.1, 0.15) is 13.8 Å². The van der Waals surface area contributed by atoms with Gasteiger partial charge in [-0.15, -0.1) is 0 Å². The van der Waals surface area contributed by atoms with Crippen molar-refractivity contribution in [2.45, 2.75) is 13.8 Å². The summed E-state index contributed by atoms with van der Waals surface area (Å²) < 4.78 is 0. The molecule has 0 fully saturated rings. The first kappa shape index (κ1) is 18.4. The van der Waals surface area contributed by atoms with Crippen molar-refractivity contribution in [3.63, 3.8) is 0 Å². The average Bonchev–Trinajstić information content (AvgIpc) is 2.35. The van der Waals surface area contributed by atoms with Crippen molar-refractivity contribution in [1.82, 2.24) is 10.2 Å². The molecule has 0 unspecified atom stereocenters. The predicted octanol–water partition coefficient (Wildman–Crippen LogP) is -2.08. The number of hydrogen-bond donors (Lipinski definition) is 1. The van der Waals surface area contributed by atoms with Gasteiger partial charge in [0.1, 0.15) is 0 Å². The molecule has 1 N–H and O–H groups in total. The van der Waals surface area contributed by atoms with Gasteiger partial charge < -0.3 is 19.8 Å². The number of nitrogens with zero attached hydrogens (tertiary/aromatic N) is 1. The van der Waals surface area contributed by atoms with E-state index >= 15 is 0 Å². The van der Waals surface area contributed by atoms with Crippen LogP contribution in [0.25, 0.3) is 0 Å². The summed E-state index contributed by atoms with van der Waals surface area (Å²) >= 11 is 0. The average molecular weight is 245 g/mol. The molecule has 0 saturated carbocycles. The van der Waals surface area contributed by atoms with Crippen molar-refractivity contribution < 1.29 is 36.3 Å². The second-order valence-electron chi connectivity index (χ2n) is 1.75. The predicted molar refractivity (Wildman–Crippen MR) is 39.9 cm³/mol. The van der Waals surface area contributed by atoms with Crippen molar-refractivity contribution in [3.05, 3.63) is 18.5 Å². The minimum Gasteiger partial charge on any atom is -0.550 e. The first-order chi connectivity index (χ1) is 5.96. The zero-order chi connectivity index (χ0) is 10.7. The molecular weight excluding hydrogens is 235 g/mol. The molecule has 0 amide bonds. The van der Waals surface area contributed by atoms with Crippen LogP contribution in [0, 0.1) is 0 Å². The third kappa shape index (κ3) is 74.6. The largest absolute Gasteiger partial charge is 2.00 e. The summed E-state index contributed by atoms with van der Waals surface area (Å²) in [5, 5.41) is 24.0. The molecule has 82 valence electrons. The van der Waals surface area contributed by atoms with Crippen LogP contribution in [0.5, 0.6) is 0 Å². The van der Waals surface area contributed by atoms with Gasteiger partial charge in [0.05, 0.1) is 0 Å². The zero-order valence-electron chi connectivity index (χ0n) is 7.63. The second kappa shape index (κ2) is 14.2. The second-order valence-corrected chi connectivity index (χ2v) is 1.75. The van der Waals surface area contributed by atoms with E-state index in [0.717, 1.165) is 13.8 Å². The van der Waals surface area contributed by atoms with E-state index in [1.165, 1.54) is 0 Å². The van der Waals surface area contributed by atoms with Crippen LogP contribution in [0.2, 0.25) is 0 Å². The van der Waals surface area contributed by atoms with Gasteiger partial charge in [0.2, 0.25) is 0 Å². The molecule has 14 heavy (non-hydrogen) atoms. The standard InChI is InChI=1S/C3H4N2.2C2H4O2.Ni/c1-2-4-5-3-1;2*1-2(3)4;/h1-3H,(H,4,5);2*1H3,(H,3,4);/q;;;+2/p-2. The monoisotopic (exact) mass is 244 g/mol. The molecule has 6 nitrogen and oxygen atoms in total. The third-order valence-corrected chi connectivity index (χ3v) is 0.406. The molecule has 1 rings (SSSR count). The van der Waals surface area contributed by atoms with E-state index in [9.17, 15) is 0 Å². The fourth-order valence-electron chi connectivity index (χ4n) is 0.215. The van der Waals surface area contributed by atoms with Gasteiger partial charge >= 0.3 is 16.5 Å². The van der Waals surface area contributed by atoms with Crippen LogP contribution >= 0.6 is 0 Å². The van der Waals surface area contributed by atoms with Crippen molar-refractivity contribution in [2.75, 3.05) is 0 Å². The van der Waals surface area contributed by atoms with Crippen LogP contribution in [-0.2, 0) is 26.1 Å². The first-order valence-electron chi connectivity index (χ1n) is 3.25. The molecule has 0 atom stereocenters. The number of carbonyl (C=O) groups is 2. The number of nitrogens with one attached hydrogen (secondary N) is 1. The summed E-state index contributed by atoms with van der Waals surface area (Å²) in [7, 11) is 0. The van der Waals surface area contributed by atoms with Gasteiger partial charge in [0, 0.05) is 24.3 Å². The summed E-state index contributed by atoms with van der Waals surface area (Å²) in [6.45, 7) is 1.94. The number of hydrogen-bond acceptors (Lipinski definition) is 5. The number of aromatic nitrogens is 2. The van der Waals surface area contributed by atoms with Gasteiger partial charge in [-0.25, -0.2) is 0 Å². The Bertz CT molecular complexity index is 188. The third-order valence-electron chi connectivity index (χ3n) is 0.406. The Morgan fingerprint density at radius 3 is 1.64 bits per heavy atom. The Hall–Kier alpha value is -1.36. The molecule has 0 aliphatic carbocycles. The maximum absolute atomic E-state index is 8.89. The normalized spacial score (nSPS) is 6.43. The fraction of sp³-hybridized carbons (Fsp3) is 0.286. The molecule has 0 aliphatic rings. The molecular formula is C7H10N2NiO4. The Morgan fingerprint density at radius 1 is 1.21 bits per heavy atom. The van der Waals surface area contributed by atoms with Crippen LogP contribution in [0.4, 0.5) is 0 Å². The van der Waals surface area contributed by atoms with E-state index in [1.54, 1.807) is 12.4 Å². The van der Waals surface area contributed by atoms with Crippen molar-refractivity contribution >= 4 is 11.9 Å². The SMILES string of the molecule is CC(=O)[O-].CC(=O)[O-].[Ni+2].c1cn[nH]c1. The molecule has 1 heterocycles. The minimum absolute atomic E-state index is 0. The van der Waals surface area contributed by atoms with E-state index in [4.69, 9.17) is 19.8 Å². The topological polar surface area (TPSA) is 109 Å². The number of carbonyl (C=O) groups excluding carboxylic acids is 2. The Kier molecular flexibility index (Phi) is 18.7. The van der Waals surface area contributed by atoms with Gasteiger partial charge in [0.25, 0.3) is 0 Å². The summed E-state index contributed by atoms with van der Waals surface area (Å²) in [5.74, 6) is -2.17. The maximum Gasteiger partial charge on any atom is 2.00 e. The Morgan fingerprint density at radius 2 is 1.57 bits per heavy atom. The van der Waals surface area contributed by atoms with E-state index in [-0.39, 0.29) is 16.5 Å². The minimum atomic E-state index is -1.08. The molecule has 7 heteroatoms. The molecule has 0 bridgehead atoms. The Balaban J connectivity index is -0.000000127. The molecule has 0 aromatic carbocycles. The fourth-order valence-corrected chi connectivity index (χ4v) is 0.215. The number of rotatable bonds is 0. The number of aromatic amines is 1. The van der Waals surface area contributed by atoms with E-state index < -0.39 is 11.9 Å². The van der Waals surface area contributed by atoms with Crippen LogP contribution in [0.3, 0.4) is 0 Å². The van der Waals surface area contributed by atoms with Crippen molar-refractivity contribution in [1.29, 1.82) is 0 Å². The number of H-pyrrole nitrogens is 1. The molecule has 0 aliphatic heterocycles. The van der Waals surface area contributed by atoms with Gasteiger partial charge in [0.15, 0.2) is 0 Å². The molecule has 0 spiro atoms. The summed E-state index contributed by atoms with van der Waals surface area (Å²) in [6, 6.07) is 1.83. The zero-order valence-corrected chi connectivity index (χ0v) is 8.62. The summed E-state index contributed by atoms with van der Waals surface area (Å²) in [6.07, 6.45) is 3.46. The molecule has 0 saturated heterocycles. The van der Waals surface area contributed by atoms with E-state index in [1.807, 2.05) is 6.07 Å². The van der Waals surface area contributed by atoms with Gasteiger partial charge in [-0.3, -0.25) is 5.10 Å². The number of carboxylic acids is 2. The van der Waals surface area contributed by atoms with Gasteiger partial charge in [-0.05, 0) is 19.9 Å². The van der Waals surface area contributed by atoms with Crippen LogP contribution in [0.15, 0.2) is 18.5 Å². The molecule has 0 radical (unpaired) electrons. The maximum atomic E-state index is 8.89. The molecule has 1 aromatic heterocycles.